The highest BCUT2D eigenvalue weighted by Gasteiger charge is 2.15. The van der Waals surface area contributed by atoms with Crippen molar-refractivity contribution in [3.63, 3.8) is 0 Å². The molecule has 2 aromatic heterocycles. The second-order valence-electron chi connectivity index (χ2n) is 5.74. The van der Waals surface area contributed by atoms with Gasteiger partial charge in [-0.15, -0.1) is 22.7 Å². The molecule has 1 aromatic carbocycles. The molecule has 8 nitrogen and oxygen atoms in total. The van der Waals surface area contributed by atoms with Gasteiger partial charge in [-0.3, -0.25) is 14.9 Å². The number of carbonyl (C=O) groups excluding carboxylic acids is 1. The van der Waals surface area contributed by atoms with Crippen molar-refractivity contribution < 1.29 is 18.1 Å². The SMILES string of the molecule is CCS(=O)(=O)c1ccc(CC(=O)Nc2nc(-c3cc([N+](=O)[O-])cs3)cs2)cc1. The number of benzene rings is 1. The lowest BCUT2D eigenvalue weighted by Gasteiger charge is -2.04. The van der Waals surface area contributed by atoms with Crippen molar-refractivity contribution in [2.24, 2.45) is 0 Å². The van der Waals surface area contributed by atoms with Crippen LogP contribution in [0.5, 0.6) is 0 Å². The Kier molecular flexibility index (Phi) is 5.87. The van der Waals surface area contributed by atoms with Crippen molar-refractivity contribution in [1.29, 1.82) is 0 Å². The average Bonchev–Trinajstić information content (AvgIpc) is 3.31. The van der Waals surface area contributed by atoms with Crippen LogP contribution in [0, 0.1) is 10.1 Å². The van der Waals surface area contributed by atoms with Gasteiger partial charge in [-0.2, -0.15) is 0 Å². The van der Waals surface area contributed by atoms with Gasteiger partial charge >= 0.3 is 0 Å². The van der Waals surface area contributed by atoms with Crippen molar-refractivity contribution in [3.05, 3.63) is 56.8 Å². The van der Waals surface area contributed by atoms with Crippen molar-refractivity contribution in [3.8, 4) is 10.6 Å². The normalized spacial score (nSPS) is 11.3. The van der Waals surface area contributed by atoms with E-state index in [0.717, 1.165) is 0 Å². The van der Waals surface area contributed by atoms with Crippen LogP contribution in [-0.4, -0.2) is 30.0 Å². The molecule has 2 heterocycles. The smallest absolute Gasteiger partial charge is 0.280 e. The number of hydrogen-bond acceptors (Lipinski definition) is 8. The summed E-state index contributed by atoms with van der Waals surface area (Å²) in [4.78, 5) is 27.7. The van der Waals surface area contributed by atoms with Crippen LogP contribution in [0.2, 0.25) is 0 Å². The van der Waals surface area contributed by atoms with Gasteiger partial charge in [-0.05, 0) is 17.7 Å². The highest BCUT2D eigenvalue weighted by molar-refractivity contribution is 7.91. The van der Waals surface area contributed by atoms with Gasteiger partial charge in [0.2, 0.25) is 5.91 Å². The van der Waals surface area contributed by atoms with Crippen LogP contribution < -0.4 is 5.32 Å². The largest absolute Gasteiger partial charge is 0.302 e. The molecule has 3 aromatic rings. The second kappa shape index (κ2) is 8.17. The molecule has 0 aliphatic carbocycles. The van der Waals surface area contributed by atoms with E-state index in [1.807, 2.05) is 0 Å². The predicted octanol–water partition coefficient (Wildman–Crippen LogP) is 3.75. The minimum absolute atomic E-state index is 0.00659. The van der Waals surface area contributed by atoms with E-state index in [4.69, 9.17) is 0 Å². The number of amides is 1. The molecule has 0 unspecified atom stereocenters. The molecular weight excluding hydrogens is 422 g/mol. The highest BCUT2D eigenvalue weighted by atomic mass is 32.2. The monoisotopic (exact) mass is 437 g/mol. The number of sulfone groups is 1. The molecule has 28 heavy (non-hydrogen) atoms. The number of thiophene rings is 1. The van der Waals surface area contributed by atoms with E-state index in [1.54, 1.807) is 24.4 Å². The fourth-order valence-electron chi connectivity index (χ4n) is 2.33. The van der Waals surface area contributed by atoms with Crippen LogP contribution >= 0.6 is 22.7 Å². The van der Waals surface area contributed by atoms with E-state index in [1.165, 1.54) is 46.3 Å². The first-order valence-corrected chi connectivity index (χ1v) is 11.5. The third-order valence-electron chi connectivity index (χ3n) is 3.83. The Hall–Kier alpha value is -2.63. The molecule has 146 valence electrons. The fraction of sp³-hybridized carbons (Fsp3) is 0.176. The number of nitro groups is 1. The van der Waals surface area contributed by atoms with Gasteiger partial charge in [-0.1, -0.05) is 19.1 Å². The van der Waals surface area contributed by atoms with Crippen molar-refractivity contribution >= 4 is 49.2 Å². The lowest BCUT2D eigenvalue weighted by Crippen LogP contribution is -2.14. The molecule has 0 saturated heterocycles. The summed E-state index contributed by atoms with van der Waals surface area (Å²) >= 11 is 2.44. The number of thiazole rings is 1. The van der Waals surface area contributed by atoms with E-state index in [9.17, 15) is 23.3 Å². The number of nitrogens with one attached hydrogen (secondary N) is 1. The molecule has 0 fully saturated rings. The van der Waals surface area contributed by atoms with Gasteiger partial charge in [0.25, 0.3) is 5.69 Å². The van der Waals surface area contributed by atoms with Crippen LogP contribution in [-0.2, 0) is 21.1 Å². The molecule has 1 N–H and O–H groups in total. The molecule has 0 aliphatic rings. The van der Waals surface area contributed by atoms with Crippen LogP contribution in [0.15, 0.2) is 46.0 Å². The van der Waals surface area contributed by atoms with E-state index >= 15 is 0 Å². The van der Waals surface area contributed by atoms with Gasteiger partial charge in [0.15, 0.2) is 15.0 Å². The summed E-state index contributed by atoms with van der Waals surface area (Å²) < 4.78 is 23.6. The molecule has 0 spiro atoms. The fourth-order valence-corrected chi connectivity index (χ4v) is 4.83. The standard InChI is InChI=1S/C17H15N3O5S3/c1-2-28(24,25)13-5-3-11(4-6-13)7-16(21)19-17-18-14(10-27-17)15-8-12(9-26-15)20(22)23/h3-6,8-10H,2,7H2,1H3,(H,18,19,21). The Balaban J connectivity index is 1.64. The molecule has 1 amide bonds. The minimum atomic E-state index is -3.27. The molecule has 0 aliphatic heterocycles. The summed E-state index contributed by atoms with van der Waals surface area (Å²) in [6, 6.07) is 7.65. The average molecular weight is 438 g/mol. The summed E-state index contributed by atoms with van der Waals surface area (Å²) in [7, 11) is -3.27. The Labute approximate surface area is 168 Å². The Morgan fingerprint density at radius 2 is 1.93 bits per heavy atom. The van der Waals surface area contributed by atoms with Crippen LogP contribution in [0.25, 0.3) is 10.6 Å². The summed E-state index contributed by atoms with van der Waals surface area (Å²) in [5.74, 6) is -0.267. The quantitative estimate of drug-likeness (QED) is 0.444. The number of carbonyl (C=O) groups is 1. The predicted molar refractivity (Wildman–Crippen MR) is 109 cm³/mol. The van der Waals surface area contributed by atoms with Crippen molar-refractivity contribution in [2.75, 3.05) is 11.1 Å². The van der Waals surface area contributed by atoms with Crippen LogP contribution in [0.4, 0.5) is 10.8 Å². The number of aromatic nitrogens is 1. The topological polar surface area (TPSA) is 119 Å². The Morgan fingerprint density at radius 1 is 1.21 bits per heavy atom. The summed E-state index contributed by atoms with van der Waals surface area (Å²) in [6.45, 7) is 1.58. The zero-order valence-electron chi connectivity index (χ0n) is 14.6. The number of nitrogens with zero attached hydrogens (tertiary/aromatic N) is 2. The molecule has 0 saturated carbocycles. The maximum Gasteiger partial charge on any atom is 0.280 e. The molecule has 3 rings (SSSR count). The van der Waals surface area contributed by atoms with E-state index in [2.05, 4.69) is 10.3 Å². The van der Waals surface area contributed by atoms with Crippen molar-refractivity contribution in [1.82, 2.24) is 4.98 Å². The van der Waals surface area contributed by atoms with Gasteiger partial charge in [0.1, 0.15) is 0 Å². The van der Waals surface area contributed by atoms with E-state index < -0.39 is 14.8 Å². The zero-order valence-corrected chi connectivity index (χ0v) is 17.1. The molecule has 11 heteroatoms. The molecule has 0 bridgehead atoms. The maximum atomic E-state index is 12.2. The lowest BCUT2D eigenvalue weighted by atomic mass is 10.1. The summed E-state index contributed by atoms with van der Waals surface area (Å²) in [5.41, 5.74) is 1.25. The first-order chi connectivity index (χ1) is 13.3. The third-order valence-corrected chi connectivity index (χ3v) is 7.28. The first kappa shape index (κ1) is 20.1. The van der Waals surface area contributed by atoms with Crippen molar-refractivity contribution in [2.45, 2.75) is 18.2 Å². The van der Waals surface area contributed by atoms with E-state index in [-0.39, 0.29) is 28.7 Å². The van der Waals surface area contributed by atoms with Crippen LogP contribution in [0.3, 0.4) is 0 Å². The zero-order chi connectivity index (χ0) is 20.3. The summed E-state index contributed by atoms with van der Waals surface area (Å²) in [5, 5.41) is 17.0. The second-order valence-corrected chi connectivity index (χ2v) is 9.78. The summed E-state index contributed by atoms with van der Waals surface area (Å²) in [6.07, 6.45) is 0.0752. The molecular formula is C17H15N3O5S3. The first-order valence-electron chi connectivity index (χ1n) is 8.09. The lowest BCUT2D eigenvalue weighted by molar-refractivity contribution is -0.384. The van der Waals surface area contributed by atoms with Crippen LogP contribution in [0.1, 0.15) is 12.5 Å². The minimum Gasteiger partial charge on any atom is -0.302 e. The van der Waals surface area contributed by atoms with Gasteiger partial charge in [0.05, 0.1) is 37.9 Å². The van der Waals surface area contributed by atoms with Gasteiger partial charge < -0.3 is 5.32 Å². The number of hydrogen-bond donors (Lipinski definition) is 1. The third kappa shape index (κ3) is 4.61. The Bertz CT molecular complexity index is 1120. The molecule has 0 atom stereocenters. The Morgan fingerprint density at radius 3 is 2.54 bits per heavy atom. The highest BCUT2D eigenvalue weighted by Crippen LogP contribution is 2.32. The molecule has 0 radical (unpaired) electrons. The maximum absolute atomic E-state index is 12.2. The number of anilines is 1. The van der Waals surface area contributed by atoms with E-state index in [0.29, 0.717) is 21.3 Å². The number of rotatable bonds is 7. The van der Waals surface area contributed by atoms with Gasteiger partial charge in [-0.25, -0.2) is 13.4 Å². The van der Waals surface area contributed by atoms with Gasteiger partial charge in [0, 0.05) is 11.4 Å².